The number of carboxylic acids is 2. The number of nitrogens with zero attached hydrogens (tertiary/aromatic N) is 12. The molecule has 0 aliphatic carbocycles. The molecule has 0 saturated carbocycles. The predicted octanol–water partition coefficient (Wildman–Crippen LogP) is 1.93. The number of benzene rings is 2. The largest absolute Gasteiger partial charge is 0.480 e. The van der Waals surface area contributed by atoms with Crippen molar-refractivity contribution >= 4 is 11.9 Å². The molecule has 3 aliphatic heterocycles. The molecule has 6 heterocycles. The van der Waals surface area contributed by atoms with E-state index in [4.69, 9.17) is 4.98 Å². The van der Waals surface area contributed by atoms with Gasteiger partial charge in [0.1, 0.15) is 0 Å². The number of carbonyl (C=O) groups is 2. The maximum atomic E-state index is 12.0. The van der Waals surface area contributed by atoms with Crippen LogP contribution in [0.4, 0.5) is 0 Å². The molecule has 2 aromatic carbocycles. The molecule has 0 unspecified atom stereocenters. The first-order chi connectivity index (χ1) is 27.3. The summed E-state index contributed by atoms with van der Waals surface area (Å²) in [4.78, 5) is 40.1. The van der Waals surface area contributed by atoms with E-state index in [9.17, 15) is 19.8 Å². The minimum absolute atomic E-state index is 0.0551. The zero-order valence-corrected chi connectivity index (χ0v) is 31.7. The van der Waals surface area contributed by atoms with Gasteiger partial charge < -0.3 is 10.2 Å². The molecule has 3 aromatic heterocycles. The van der Waals surface area contributed by atoms with Crippen LogP contribution in [-0.4, -0.2) is 160 Å². The van der Waals surface area contributed by atoms with E-state index in [1.54, 1.807) is 0 Å². The monoisotopic (exact) mass is 762 g/mol. The van der Waals surface area contributed by atoms with Crippen molar-refractivity contribution in [2.45, 2.75) is 32.7 Å². The lowest BCUT2D eigenvalue weighted by Crippen LogP contribution is -2.48. The van der Waals surface area contributed by atoms with Gasteiger partial charge >= 0.3 is 11.9 Å². The number of pyridine rings is 1. The lowest BCUT2D eigenvalue weighted by atomic mass is 10.0. The van der Waals surface area contributed by atoms with Crippen molar-refractivity contribution in [1.29, 1.82) is 0 Å². The van der Waals surface area contributed by atoms with Crippen LogP contribution < -0.4 is 0 Å². The third-order valence-electron chi connectivity index (χ3n) is 10.4. The van der Waals surface area contributed by atoms with E-state index in [1.165, 1.54) is 0 Å². The quantitative estimate of drug-likeness (QED) is 0.224. The first-order valence-electron chi connectivity index (χ1n) is 19.2. The number of hydrogen-bond donors (Lipinski definition) is 2. The van der Waals surface area contributed by atoms with E-state index in [0.717, 1.165) is 39.5 Å². The molecule has 8 rings (SSSR count). The molecule has 56 heavy (non-hydrogen) atoms. The van der Waals surface area contributed by atoms with Crippen LogP contribution in [-0.2, 0) is 42.3 Å². The van der Waals surface area contributed by atoms with Crippen molar-refractivity contribution in [3.05, 3.63) is 114 Å². The van der Waals surface area contributed by atoms with E-state index >= 15 is 0 Å². The molecule has 0 radical (unpaired) electrons. The lowest BCUT2D eigenvalue weighted by Gasteiger charge is -2.34. The van der Waals surface area contributed by atoms with Gasteiger partial charge in [-0.05, 0) is 28.8 Å². The SMILES string of the molecule is O=C(O)CN1CCN2CCN(CC(=O)O)CCN(CC1)Cc1cc(-c3ccccc3)cc(n1)Cn1nncc1CN(Cc1cn(Cc3ccccc3)nn1)CC2. The van der Waals surface area contributed by atoms with Gasteiger partial charge in [0, 0.05) is 85.1 Å². The smallest absolute Gasteiger partial charge is 0.317 e. The number of aliphatic carboxylic acids is 2. The normalized spacial score (nSPS) is 19.6. The van der Waals surface area contributed by atoms with E-state index in [1.807, 2.05) is 68.0 Å². The Hall–Kier alpha value is -5.39. The second-order valence-corrected chi connectivity index (χ2v) is 14.6. The highest BCUT2D eigenvalue weighted by Gasteiger charge is 2.22. The molecule has 0 spiro atoms. The summed E-state index contributed by atoms with van der Waals surface area (Å²) in [6, 6.07) is 24.6. The van der Waals surface area contributed by atoms with Gasteiger partial charge in [-0.1, -0.05) is 71.1 Å². The summed E-state index contributed by atoms with van der Waals surface area (Å²) in [7, 11) is 0. The van der Waals surface area contributed by atoms with Gasteiger partial charge in [0.15, 0.2) is 0 Å². The summed E-state index contributed by atoms with van der Waals surface area (Å²) in [5, 5.41) is 37.6. The Labute approximate surface area is 326 Å². The van der Waals surface area contributed by atoms with Gasteiger partial charge in [-0.3, -0.25) is 39.1 Å². The van der Waals surface area contributed by atoms with E-state index in [-0.39, 0.29) is 13.1 Å². The minimum atomic E-state index is -0.858. The average Bonchev–Trinajstić information content (AvgIpc) is 3.82. The third kappa shape index (κ3) is 11.3. The number of rotatable bonds is 9. The second-order valence-electron chi connectivity index (χ2n) is 14.6. The Morgan fingerprint density at radius 3 is 1.84 bits per heavy atom. The van der Waals surface area contributed by atoms with E-state index < -0.39 is 11.9 Å². The maximum Gasteiger partial charge on any atom is 0.317 e. The zero-order valence-electron chi connectivity index (χ0n) is 31.7. The summed E-state index contributed by atoms with van der Waals surface area (Å²) in [6.45, 7) is 8.59. The fraction of sp³-hybridized carbons (Fsp3) is 0.425. The third-order valence-corrected chi connectivity index (χ3v) is 10.4. The van der Waals surface area contributed by atoms with Crippen LogP contribution in [0.15, 0.2) is 85.2 Å². The number of carboxylic acid groups (broad SMARTS) is 2. The molecular formula is C40H50N12O4. The van der Waals surface area contributed by atoms with Gasteiger partial charge in [-0.15, -0.1) is 10.2 Å². The van der Waals surface area contributed by atoms with Crippen LogP contribution in [0, 0.1) is 0 Å². The van der Waals surface area contributed by atoms with E-state index in [2.05, 4.69) is 71.7 Å². The Bertz CT molecular complexity index is 1990. The Kier molecular flexibility index (Phi) is 13.2. The highest BCUT2D eigenvalue weighted by Crippen LogP contribution is 2.23. The predicted molar refractivity (Wildman–Crippen MR) is 208 cm³/mol. The van der Waals surface area contributed by atoms with Gasteiger partial charge in [-0.2, -0.15) is 0 Å². The molecule has 3 aliphatic rings. The molecule has 16 nitrogen and oxygen atoms in total. The molecule has 0 atom stereocenters. The van der Waals surface area contributed by atoms with Gasteiger partial charge in [-0.25, -0.2) is 9.36 Å². The Morgan fingerprint density at radius 2 is 1.20 bits per heavy atom. The highest BCUT2D eigenvalue weighted by atomic mass is 16.4. The first kappa shape index (κ1) is 38.9. The zero-order chi connectivity index (χ0) is 38.7. The van der Waals surface area contributed by atoms with Crippen LogP contribution >= 0.6 is 0 Å². The molecule has 1 saturated heterocycles. The van der Waals surface area contributed by atoms with Crippen LogP contribution in [0.2, 0.25) is 0 Å². The van der Waals surface area contributed by atoms with Gasteiger partial charge in [0.2, 0.25) is 0 Å². The Morgan fingerprint density at radius 1 is 0.607 bits per heavy atom. The topological polar surface area (TPSA) is 165 Å². The molecule has 0 amide bonds. The number of hydrogen-bond acceptors (Lipinski definition) is 12. The summed E-state index contributed by atoms with van der Waals surface area (Å²) in [5.74, 6) is -1.72. The molecule has 1 fully saturated rings. The second kappa shape index (κ2) is 19.0. The lowest BCUT2D eigenvalue weighted by molar-refractivity contribution is -0.139. The summed E-state index contributed by atoms with van der Waals surface area (Å²) >= 11 is 0. The number of fused-ring (bicyclic) bond motifs is 11. The van der Waals surface area contributed by atoms with Crippen molar-refractivity contribution in [1.82, 2.24) is 59.5 Å². The fourth-order valence-corrected chi connectivity index (χ4v) is 7.40. The maximum absolute atomic E-state index is 12.0. The van der Waals surface area contributed by atoms with Crippen LogP contribution in [0.1, 0.15) is 28.3 Å². The summed E-state index contributed by atoms with van der Waals surface area (Å²) in [6.07, 6.45) is 3.80. The summed E-state index contributed by atoms with van der Waals surface area (Å²) in [5.41, 5.74) is 6.74. The van der Waals surface area contributed by atoms with Gasteiger partial charge in [0.05, 0.1) is 61.3 Å². The van der Waals surface area contributed by atoms with E-state index in [0.29, 0.717) is 98.2 Å². The molecule has 294 valence electrons. The fourth-order valence-electron chi connectivity index (χ4n) is 7.40. The van der Waals surface area contributed by atoms with Crippen molar-refractivity contribution in [3.8, 4) is 11.1 Å². The van der Waals surface area contributed by atoms with Crippen molar-refractivity contribution in [2.24, 2.45) is 0 Å². The molecule has 5 aromatic rings. The molecular weight excluding hydrogens is 713 g/mol. The molecule has 16 heteroatoms. The van der Waals surface area contributed by atoms with Crippen LogP contribution in [0.25, 0.3) is 11.1 Å². The minimum Gasteiger partial charge on any atom is -0.480 e. The van der Waals surface area contributed by atoms with Crippen LogP contribution in [0.5, 0.6) is 0 Å². The highest BCUT2D eigenvalue weighted by molar-refractivity contribution is 5.69. The van der Waals surface area contributed by atoms with Crippen molar-refractivity contribution < 1.29 is 19.8 Å². The Balaban J connectivity index is 1.24. The number of aromatic nitrogens is 7. The summed E-state index contributed by atoms with van der Waals surface area (Å²) < 4.78 is 3.78. The first-order valence-corrected chi connectivity index (χ1v) is 19.2. The van der Waals surface area contributed by atoms with Crippen LogP contribution in [0.3, 0.4) is 0 Å². The van der Waals surface area contributed by atoms with Crippen molar-refractivity contribution in [2.75, 3.05) is 78.5 Å². The van der Waals surface area contributed by atoms with Crippen molar-refractivity contribution in [3.63, 3.8) is 0 Å². The standard InChI is InChI=1S/C40H50N12O4/c53-39(54)30-48-14-11-46-12-15-49(31-40(55)56)19-17-47(16-18-48)25-35-21-34(33-9-5-2-6-10-33)22-36(42-35)28-52-38(23-41-44-52)29-50(20-13-46)26-37-27-51(45-43-37)24-32-7-3-1-4-8-32/h1-10,21-23,27H,11-20,24-26,28-31H2,(H,53,54)(H,55,56). The average molecular weight is 763 g/mol. The molecule has 4 bridgehead atoms. The molecule has 2 N–H and O–H groups in total. The van der Waals surface area contributed by atoms with Gasteiger partial charge in [0.25, 0.3) is 0 Å².